The van der Waals surface area contributed by atoms with Crippen molar-refractivity contribution in [3.63, 3.8) is 0 Å². The zero-order chi connectivity index (χ0) is 15.9. The average Bonchev–Trinajstić information content (AvgIpc) is 2.46. The Hall–Kier alpha value is -1.30. The molecule has 0 aromatic carbocycles. The van der Waals surface area contributed by atoms with Gasteiger partial charge in [0.25, 0.3) is 0 Å². The van der Waals surface area contributed by atoms with Crippen LogP contribution in [0.2, 0.25) is 0 Å². The standard InChI is InChI=1S/C15H30N4O2/c1-15(2,14(17)19-21)9-3-4-10-18-12-7-5-11(6-8-12)13(16)20/h11-12,18,21H,3-10H2,1-2H3,(H2,16,20)(H2,17,19). The van der Waals surface area contributed by atoms with Crippen LogP contribution in [0, 0.1) is 11.3 Å². The zero-order valence-corrected chi connectivity index (χ0v) is 13.3. The fourth-order valence-corrected chi connectivity index (χ4v) is 2.84. The van der Waals surface area contributed by atoms with Crippen molar-refractivity contribution in [3.8, 4) is 0 Å². The van der Waals surface area contributed by atoms with Crippen molar-refractivity contribution in [2.45, 2.75) is 64.8 Å². The predicted octanol–water partition coefficient (Wildman–Crippen LogP) is 1.56. The number of unbranched alkanes of at least 4 members (excludes halogenated alkanes) is 1. The van der Waals surface area contributed by atoms with Crippen molar-refractivity contribution in [2.75, 3.05) is 6.54 Å². The first kappa shape index (κ1) is 17.8. The van der Waals surface area contributed by atoms with E-state index >= 15 is 0 Å². The first-order valence-electron chi connectivity index (χ1n) is 7.87. The van der Waals surface area contributed by atoms with Gasteiger partial charge < -0.3 is 22.0 Å². The third-order valence-corrected chi connectivity index (χ3v) is 4.59. The maximum Gasteiger partial charge on any atom is 0.220 e. The second-order valence-corrected chi connectivity index (χ2v) is 6.73. The molecule has 1 aliphatic rings. The van der Waals surface area contributed by atoms with E-state index in [1.54, 1.807) is 0 Å². The number of carbonyl (C=O) groups excluding carboxylic acids is 1. The summed E-state index contributed by atoms with van der Waals surface area (Å²) in [5.41, 5.74) is 10.7. The minimum atomic E-state index is -0.256. The van der Waals surface area contributed by atoms with E-state index in [9.17, 15) is 4.79 Å². The Labute approximate surface area is 127 Å². The number of hydrogen-bond donors (Lipinski definition) is 4. The summed E-state index contributed by atoms with van der Waals surface area (Å²) >= 11 is 0. The molecule has 1 rings (SSSR count). The van der Waals surface area contributed by atoms with Crippen LogP contribution in [0.25, 0.3) is 0 Å². The van der Waals surface area contributed by atoms with E-state index in [0.29, 0.717) is 11.9 Å². The van der Waals surface area contributed by atoms with E-state index in [0.717, 1.165) is 51.5 Å². The summed E-state index contributed by atoms with van der Waals surface area (Å²) in [6, 6.07) is 0.512. The molecule has 0 saturated heterocycles. The largest absolute Gasteiger partial charge is 0.409 e. The molecule has 0 aromatic heterocycles. The van der Waals surface area contributed by atoms with Crippen LogP contribution in [0.1, 0.15) is 58.8 Å². The SMILES string of the molecule is CC(C)(CCCCNC1CCC(C(N)=O)CC1)C(N)=NO. The minimum Gasteiger partial charge on any atom is -0.409 e. The molecule has 122 valence electrons. The second kappa shape index (κ2) is 8.22. The van der Waals surface area contributed by atoms with Crippen molar-refractivity contribution in [3.05, 3.63) is 0 Å². The van der Waals surface area contributed by atoms with Gasteiger partial charge in [0.15, 0.2) is 0 Å². The molecule has 0 spiro atoms. The van der Waals surface area contributed by atoms with Crippen molar-refractivity contribution in [1.29, 1.82) is 0 Å². The number of hydrogen-bond acceptors (Lipinski definition) is 4. The number of nitrogens with two attached hydrogens (primary N) is 2. The molecular weight excluding hydrogens is 268 g/mol. The molecule has 0 radical (unpaired) electrons. The molecule has 6 N–H and O–H groups in total. The van der Waals surface area contributed by atoms with E-state index in [1.165, 1.54) is 0 Å². The van der Waals surface area contributed by atoms with Crippen LogP contribution >= 0.6 is 0 Å². The molecule has 0 atom stereocenters. The van der Waals surface area contributed by atoms with Crippen molar-refractivity contribution in [1.82, 2.24) is 5.32 Å². The normalized spacial score (nSPS) is 24.0. The van der Waals surface area contributed by atoms with E-state index < -0.39 is 0 Å². The highest BCUT2D eigenvalue weighted by molar-refractivity contribution is 5.85. The number of nitrogens with zero attached hydrogens (tertiary/aromatic N) is 1. The van der Waals surface area contributed by atoms with Crippen LogP contribution in [0.3, 0.4) is 0 Å². The van der Waals surface area contributed by atoms with Gasteiger partial charge in [0, 0.05) is 17.4 Å². The zero-order valence-electron chi connectivity index (χ0n) is 13.3. The number of amidine groups is 1. The third-order valence-electron chi connectivity index (χ3n) is 4.59. The Morgan fingerprint density at radius 1 is 1.24 bits per heavy atom. The molecule has 1 fully saturated rings. The summed E-state index contributed by atoms with van der Waals surface area (Å²) in [5, 5.41) is 15.4. The van der Waals surface area contributed by atoms with E-state index in [2.05, 4.69) is 10.5 Å². The number of primary amides is 1. The average molecular weight is 298 g/mol. The molecule has 0 aromatic rings. The number of nitrogens with one attached hydrogen (secondary N) is 1. The highest BCUT2D eigenvalue weighted by Gasteiger charge is 2.25. The molecule has 0 bridgehead atoms. The van der Waals surface area contributed by atoms with Gasteiger partial charge in [-0.05, 0) is 45.1 Å². The predicted molar refractivity (Wildman–Crippen MR) is 84.0 cm³/mol. The molecule has 21 heavy (non-hydrogen) atoms. The summed E-state index contributed by atoms with van der Waals surface area (Å²) in [7, 11) is 0. The van der Waals surface area contributed by atoms with Crippen molar-refractivity contribution in [2.24, 2.45) is 28.0 Å². The van der Waals surface area contributed by atoms with E-state index in [4.69, 9.17) is 16.7 Å². The van der Waals surface area contributed by atoms with Crippen LogP contribution in [0.4, 0.5) is 0 Å². The lowest BCUT2D eigenvalue weighted by Gasteiger charge is -2.27. The molecule has 6 heteroatoms. The molecule has 0 unspecified atom stereocenters. The number of oxime groups is 1. The summed E-state index contributed by atoms with van der Waals surface area (Å²) in [4.78, 5) is 11.1. The van der Waals surface area contributed by atoms with Crippen molar-refractivity contribution >= 4 is 11.7 Å². The van der Waals surface area contributed by atoms with Gasteiger partial charge in [-0.15, -0.1) is 0 Å². The van der Waals surface area contributed by atoms with E-state index in [-0.39, 0.29) is 17.2 Å². The molecule has 1 saturated carbocycles. The van der Waals surface area contributed by atoms with Crippen molar-refractivity contribution < 1.29 is 10.0 Å². The lowest BCUT2D eigenvalue weighted by atomic mass is 9.85. The maximum absolute atomic E-state index is 11.1. The third kappa shape index (κ3) is 5.91. The Kier molecular flexibility index (Phi) is 6.95. The topological polar surface area (TPSA) is 114 Å². The Balaban J connectivity index is 2.12. The molecule has 0 aliphatic heterocycles. The van der Waals surface area contributed by atoms with Crippen LogP contribution in [0.5, 0.6) is 0 Å². The van der Waals surface area contributed by atoms with Crippen LogP contribution < -0.4 is 16.8 Å². The number of amides is 1. The summed E-state index contributed by atoms with van der Waals surface area (Å²) in [6.45, 7) is 4.94. The quantitative estimate of drug-likeness (QED) is 0.179. The summed E-state index contributed by atoms with van der Waals surface area (Å²) < 4.78 is 0. The molecular formula is C15H30N4O2. The highest BCUT2D eigenvalue weighted by atomic mass is 16.4. The van der Waals surface area contributed by atoms with Crippen LogP contribution in [0.15, 0.2) is 5.16 Å². The second-order valence-electron chi connectivity index (χ2n) is 6.73. The van der Waals surface area contributed by atoms with Crippen LogP contribution in [-0.2, 0) is 4.79 Å². The minimum absolute atomic E-state index is 0.0737. The maximum atomic E-state index is 11.1. The van der Waals surface area contributed by atoms with Gasteiger partial charge in [-0.3, -0.25) is 4.79 Å². The number of carbonyl (C=O) groups is 1. The van der Waals surface area contributed by atoms with Gasteiger partial charge in [0.2, 0.25) is 5.91 Å². The van der Waals surface area contributed by atoms with Gasteiger partial charge in [0.1, 0.15) is 5.84 Å². The smallest absolute Gasteiger partial charge is 0.220 e. The first-order chi connectivity index (χ1) is 9.86. The molecule has 6 nitrogen and oxygen atoms in total. The summed E-state index contributed by atoms with van der Waals surface area (Å²) in [6.07, 6.45) is 6.88. The fourth-order valence-electron chi connectivity index (χ4n) is 2.84. The molecule has 1 aliphatic carbocycles. The Bertz CT molecular complexity index is 361. The monoisotopic (exact) mass is 298 g/mol. The fraction of sp³-hybridized carbons (Fsp3) is 0.867. The highest BCUT2D eigenvalue weighted by Crippen LogP contribution is 2.25. The van der Waals surface area contributed by atoms with Crippen LogP contribution in [-0.4, -0.2) is 29.5 Å². The lowest BCUT2D eigenvalue weighted by Crippen LogP contribution is -2.37. The molecule has 1 amide bonds. The van der Waals surface area contributed by atoms with Gasteiger partial charge in [-0.1, -0.05) is 25.4 Å². The van der Waals surface area contributed by atoms with Gasteiger partial charge >= 0.3 is 0 Å². The first-order valence-corrected chi connectivity index (χ1v) is 7.87. The van der Waals surface area contributed by atoms with Gasteiger partial charge in [-0.2, -0.15) is 0 Å². The Morgan fingerprint density at radius 3 is 2.38 bits per heavy atom. The summed E-state index contributed by atoms with van der Waals surface area (Å²) in [5.74, 6) is 0.212. The lowest BCUT2D eigenvalue weighted by molar-refractivity contribution is -0.122. The van der Waals surface area contributed by atoms with E-state index in [1.807, 2.05) is 13.8 Å². The number of rotatable bonds is 8. The van der Waals surface area contributed by atoms with Gasteiger partial charge in [0.05, 0.1) is 0 Å². The molecule has 0 heterocycles. The van der Waals surface area contributed by atoms with Gasteiger partial charge in [-0.25, -0.2) is 0 Å². The Morgan fingerprint density at radius 2 is 1.86 bits per heavy atom.